The van der Waals surface area contributed by atoms with E-state index in [1.54, 1.807) is 0 Å². The first-order valence-electron chi connectivity index (χ1n) is 6.87. The molecule has 0 bridgehead atoms. The van der Waals surface area contributed by atoms with Gasteiger partial charge >= 0.3 is 0 Å². The van der Waals surface area contributed by atoms with E-state index < -0.39 is 0 Å². The smallest absolute Gasteiger partial charge is 0.0592 e. The first-order chi connectivity index (χ1) is 9.63. The molecule has 2 aromatic rings. The minimum absolute atomic E-state index is 0.0704. The topological polar surface area (TPSA) is 12.0 Å². The molecule has 0 aliphatic rings. The van der Waals surface area contributed by atoms with Gasteiger partial charge in [0.2, 0.25) is 0 Å². The number of aryl methyl sites for hydroxylation is 1. The zero-order valence-electron chi connectivity index (χ0n) is 11.8. The molecule has 106 valence electrons. The predicted octanol–water partition coefficient (Wildman–Crippen LogP) is 5.39. The largest absolute Gasteiger partial charge is 0.306 e. The second-order valence-electron chi connectivity index (χ2n) is 4.92. The highest BCUT2D eigenvalue weighted by molar-refractivity contribution is 6.32. The first-order valence-corrected chi connectivity index (χ1v) is 7.63. The van der Waals surface area contributed by atoms with E-state index in [1.165, 1.54) is 0 Å². The molecule has 0 heterocycles. The molecule has 0 aliphatic carbocycles. The van der Waals surface area contributed by atoms with Gasteiger partial charge in [0, 0.05) is 10.0 Å². The van der Waals surface area contributed by atoms with Crippen LogP contribution in [0, 0.1) is 6.92 Å². The molecule has 1 N–H and O–H groups in total. The summed E-state index contributed by atoms with van der Waals surface area (Å²) in [7, 11) is 0. The van der Waals surface area contributed by atoms with E-state index >= 15 is 0 Å². The van der Waals surface area contributed by atoms with Crippen LogP contribution < -0.4 is 5.32 Å². The Morgan fingerprint density at radius 1 is 1.10 bits per heavy atom. The van der Waals surface area contributed by atoms with Crippen molar-refractivity contribution in [1.29, 1.82) is 0 Å². The van der Waals surface area contributed by atoms with E-state index in [0.29, 0.717) is 0 Å². The zero-order chi connectivity index (χ0) is 14.5. The summed E-state index contributed by atoms with van der Waals surface area (Å²) in [6.07, 6.45) is 1.07. The molecule has 0 radical (unpaired) electrons. The van der Waals surface area contributed by atoms with Gasteiger partial charge in [0.1, 0.15) is 0 Å². The Hall–Kier alpha value is -1.02. The minimum atomic E-state index is 0.0704. The molecular formula is C17H19Cl2N. The van der Waals surface area contributed by atoms with Crippen LogP contribution in [0.3, 0.4) is 0 Å². The van der Waals surface area contributed by atoms with Gasteiger partial charge in [0.05, 0.1) is 6.04 Å². The third kappa shape index (κ3) is 3.54. The summed E-state index contributed by atoms with van der Waals surface area (Å²) in [5.74, 6) is 0. The Balaban J connectivity index is 2.44. The van der Waals surface area contributed by atoms with E-state index in [2.05, 4.69) is 24.4 Å². The van der Waals surface area contributed by atoms with Crippen molar-refractivity contribution in [2.75, 3.05) is 6.54 Å². The van der Waals surface area contributed by atoms with Gasteiger partial charge < -0.3 is 5.32 Å². The molecule has 0 amide bonds. The van der Waals surface area contributed by atoms with E-state index in [0.717, 1.165) is 39.7 Å². The van der Waals surface area contributed by atoms with Gasteiger partial charge in [-0.15, -0.1) is 0 Å². The highest BCUT2D eigenvalue weighted by Gasteiger charge is 2.17. The molecule has 0 saturated heterocycles. The van der Waals surface area contributed by atoms with Crippen molar-refractivity contribution < 1.29 is 0 Å². The third-order valence-electron chi connectivity index (χ3n) is 3.31. The highest BCUT2D eigenvalue weighted by atomic mass is 35.5. The zero-order valence-corrected chi connectivity index (χ0v) is 13.3. The van der Waals surface area contributed by atoms with Gasteiger partial charge in [-0.3, -0.25) is 0 Å². The lowest BCUT2D eigenvalue weighted by Gasteiger charge is -2.21. The molecule has 3 heteroatoms. The molecule has 2 rings (SSSR count). The number of hydrogen-bond acceptors (Lipinski definition) is 1. The molecule has 0 saturated carbocycles. The average Bonchev–Trinajstić information content (AvgIpc) is 2.44. The van der Waals surface area contributed by atoms with Crippen LogP contribution in [0.2, 0.25) is 10.0 Å². The van der Waals surface area contributed by atoms with Gasteiger partial charge in [-0.2, -0.15) is 0 Å². The Morgan fingerprint density at radius 3 is 2.55 bits per heavy atom. The van der Waals surface area contributed by atoms with Crippen LogP contribution in [0.25, 0.3) is 0 Å². The highest BCUT2D eigenvalue weighted by Crippen LogP contribution is 2.31. The summed E-state index contributed by atoms with van der Waals surface area (Å²) < 4.78 is 0. The van der Waals surface area contributed by atoms with Crippen molar-refractivity contribution >= 4 is 23.2 Å². The molecule has 0 spiro atoms. The average molecular weight is 308 g/mol. The number of rotatable bonds is 5. The lowest BCUT2D eigenvalue weighted by molar-refractivity contribution is 0.598. The number of benzene rings is 2. The minimum Gasteiger partial charge on any atom is -0.306 e. The number of halogens is 2. The summed E-state index contributed by atoms with van der Waals surface area (Å²) in [5, 5.41) is 5.12. The molecule has 2 aromatic carbocycles. The number of hydrogen-bond donors (Lipinski definition) is 1. The van der Waals surface area contributed by atoms with E-state index in [1.807, 2.05) is 37.3 Å². The Kier molecular flexibility index (Phi) is 5.47. The fourth-order valence-electron chi connectivity index (χ4n) is 2.28. The molecule has 20 heavy (non-hydrogen) atoms. The maximum absolute atomic E-state index is 6.48. The normalized spacial score (nSPS) is 12.4. The van der Waals surface area contributed by atoms with Crippen LogP contribution in [-0.4, -0.2) is 6.54 Å². The predicted molar refractivity (Wildman–Crippen MR) is 87.8 cm³/mol. The lowest BCUT2D eigenvalue weighted by atomic mass is 9.97. The van der Waals surface area contributed by atoms with Gasteiger partial charge in [0.15, 0.2) is 0 Å². The molecule has 1 atom stereocenters. The summed E-state index contributed by atoms with van der Waals surface area (Å²) in [6, 6.07) is 14.2. The fourth-order valence-corrected chi connectivity index (χ4v) is 2.71. The Labute approximate surface area is 130 Å². The molecule has 0 aromatic heterocycles. The fraction of sp³-hybridized carbons (Fsp3) is 0.294. The Morgan fingerprint density at radius 2 is 1.85 bits per heavy atom. The summed E-state index contributed by atoms with van der Waals surface area (Å²) in [6.45, 7) is 5.11. The second kappa shape index (κ2) is 7.12. The van der Waals surface area contributed by atoms with Crippen molar-refractivity contribution in [1.82, 2.24) is 5.32 Å². The third-order valence-corrected chi connectivity index (χ3v) is 4.06. The van der Waals surface area contributed by atoms with Gasteiger partial charge in [-0.25, -0.2) is 0 Å². The number of nitrogens with one attached hydrogen (secondary N) is 1. The second-order valence-corrected chi connectivity index (χ2v) is 5.73. The monoisotopic (exact) mass is 307 g/mol. The first kappa shape index (κ1) is 15.4. The molecular weight excluding hydrogens is 289 g/mol. The SMILES string of the molecule is CCCNC(c1cccc(Cl)c1)c1cccc(C)c1Cl. The van der Waals surface area contributed by atoms with E-state index in [4.69, 9.17) is 23.2 Å². The van der Waals surface area contributed by atoms with Crippen molar-refractivity contribution in [2.45, 2.75) is 26.3 Å². The lowest BCUT2D eigenvalue weighted by Crippen LogP contribution is -2.23. The standard InChI is InChI=1S/C17H19Cl2N/c1-3-10-20-17(13-7-5-8-14(18)11-13)15-9-4-6-12(2)16(15)19/h4-9,11,17,20H,3,10H2,1-2H3. The Bertz CT molecular complexity index is 581. The van der Waals surface area contributed by atoms with Gasteiger partial charge in [-0.1, -0.05) is 60.5 Å². The van der Waals surface area contributed by atoms with Crippen LogP contribution in [0.1, 0.15) is 36.1 Å². The van der Waals surface area contributed by atoms with Crippen LogP contribution >= 0.6 is 23.2 Å². The molecule has 0 fully saturated rings. The van der Waals surface area contributed by atoms with E-state index in [9.17, 15) is 0 Å². The van der Waals surface area contributed by atoms with Crippen molar-refractivity contribution in [3.63, 3.8) is 0 Å². The maximum Gasteiger partial charge on any atom is 0.0592 e. The van der Waals surface area contributed by atoms with Crippen molar-refractivity contribution in [2.24, 2.45) is 0 Å². The van der Waals surface area contributed by atoms with Crippen LogP contribution in [0.4, 0.5) is 0 Å². The van der Waals surface area contributed by atoms with Crippen LogP contribution in [-0.2, 0) is 0 Å². The molecule has 1 unspecified atom stereocenters. The van der Waals surface area contributed by atoms with Crippen molar-refractivity contribution in [3.05, 3.63) is 69.2 Å². The van der Waals surface area contributed by atoms with E-state index in [-0.39, 0.29) is 6.04 Å². The maximum atomic E-state index is 6.48. The van der Waals surface area contributed by atoms with Gasteiger partial charge in [-0.05, 0) is 48.7 Å². The summed E-state index contributed by atoms with van der Waals surface area (Å²) >= 11 is 12.6. The van der Waals surface area contributed by atoms with Crippen LogP contribution in [0.15, 0.2) is 42.5 Å². The molecule has 0 aliphatic heterocycles. The quantitative estimate of drug-likeness (QED) is 0.780. The van der Waals surface area contributed by atoms with Gasteiger partial charge in [0.25, 0.3) is 0 Å². The van der Waals surface area contributed by atoms with Crippen molar-refractivity contribution in [3.8, 4) is 0 Å². The summed E-state index contributed by atoms with van der Waals surface area (Å²) in [5.41, 5.74) is 3.33. The van der Waals surface area contributed by atoms with Crippen LogP contribution in [0.5, 0.6) is 0 Å². The summed E-state index contributed by atoms with van der Waals surface area (Å²) in [4.78, 5) is 0. The molecule has 1 nitrogen and oxygen atoms in total.